The van der Waals surface area contributed by atoms with Gasteiger partial charge in [-0.3, -0.25) is 4.79 Å². The molecule has 1 rings (SSSR count). The van der Waals surface area contributed by atoms with Crippen molar-refractivity contribution in [2.24, 2.45) is 0 Å². The second-order valence-electron chi connectivity index (χ2n) is 6.07. The number of likely N-dealkylation sites (tertiary alicyclic amines) is 1. The Labute approximate surface area is 132 Å². The van der Waals surface area contributed by atoms with E-state index in [-0.39, 0.29) is 0 Å². The van der Waals surface area contributed by atoms with Crippen LogP contribution in [0.25, 0.3) is 0 Å². The summed E-state index contributed by atoms with van der Waals surface area (Å²) < 4.78 is 0. The molecular weight excluding hydrogens is 318 g/mol. The highest BCUT2D eigenvalue weighted by molar-refractivity contribution is 9.09. The number of alkyl halides is 1. The van der Waals surface area contributed by atoms with Gasteiger partial charge in [-0.15, -0.1) is 0 Å². The largest absolute Gasteiger partial charge is 0.338 e. The highest BCUT2D eigenvalue weighted by atomic mass is 79.9. The molecule has 118 valence electrons. The number of rotatable bonds is 8. The molecule has 0 N–H and O–H groups in total. The van der Waals surface area contributed by atoms with Crippen LogP contribution in [0.15, 0.2) is 0 Å². The van der Waals surface area contributed by atoms with E-state index in [2.05, 4.69) is 51.8 Å². The Bertz CT molecular complexity index is 278. The monoisotopic (exact) mass is 347 g/mol. The molecule has 1 aliphatic rings. The summed E-state index contributed by atoms with van der Waals surface area (Å²) in [5.74, 6) is 0.349. The molecule has 4 nitrogen and oxygen atoms in total. The molecule has 0 aromatic carbocycles. The van der Waals surface area contributed by atoms with E-state index in [1.165, 1.54) is 0 Å². The molecule has 0 aromatic heterocycles. The Morgan fingerprint density at radius 3 is 2.40 bits per heavy atom. The van der Waals surface area contributed by atoms with Crippen LogP contribution in [-0.4, -0.2) is 79.3 Å². The number of carbonyl (C=O) groups excluding carboxylic acids is 1. The average molecular weight is 348 g/mol. The van der Waals surface area contributed by atoms with E-state index in [0.717, 1.165) is 57.2 Å². The lowest BCUT2D eigenvalue weighted by molar-refractivity contribution is -0.134. The Hall–Kier alpha value is -0.130. The minimum Gasteiger partial charge on any atom is -0.338 e. The SMILES string of the molecule is CN(C)CCN(C(=O)CCCCBr)C1CCN(C)CC1. The van der Waals surface area contributed by atoms with Crippen molar-refractivity contribution in [3.8, 4) is 0 Å². The molecule has 0 atom stereocenters. The first kappa shape index (κ1) is 17.9. The maximum absolute atomic E-state index is 12.5. The fourth-order valence-corrected chi connectivity index (χ4v) is 3.04. The number of nitrogens with zero attached hydrogens (tertiary/aromatic N) is 3. The van der Waals surface area contributed by atoms with Crippen LogP contribution in [0.5, 0.6) is 0 Å². The van der Waals surface area contributed by atoms with Crippen molar-refractivity contribution in [3.05, 3.63) is 0 Å². The van der Waals surface area contributed by atoms with Crippen LogP contribution in [0.3, 0.4) is 0 Å². The Kier molecular flexibility index (Phi) is 8.73. The molecule has 1 heterocycles. The summed E-state index contributed by atoms with van der Waals surface area (Å²) in [6.07, 6.45) is 5.02. The van der Waals surface area contributed by atoms with Crippen LogP contribution in [0.1, 0.15) is 32.1 Å². The van der Waals surface area contributed by atoms with Gasteiger partial charge in [-0.25, -0.2) is 0 Å². The summed E-state index contributed by atoms with van der Waals surface area (Å²) in [5, 5.41) is 0.992. The number of hydrogen-bond acceptors (Lipinski definition) is 3. The predicted molar refractivity (Wildman–Crippen MR) is 88.4 cm³/mol. The van der Waals surface area contributed by atoms with Crippen molar-refractivity contribution in [2.45, 2.75) is 38.1 Å². The summed E-state index contributed by atoms with van der Waals surface area (Å²) in [6.45, 7) is 4.04. The molecule has 0 bridgehead atoms. The third-order valence-corrected chi connectivity index (χ3v) is 4.57. The van der Waals surface area contributed by atoms with Crippen LogP contribution in [0, 0.1) is 0 Å². The van der Waals surface area contributed by atoms with Crippen LogP contribution < -0.4 is 0 Å². The van der Waals surface area contributed by atoms with Crippen molar-refractivity contribution in [1.29, 1.82) is 0 Å². The second kappa shape index (κ2) is 9.74. The lowest BCUT2D eigenvalue weighted by Crippen LogP contribution is -2.48. The Morgan fingerprint density at radius 2 is 1.85 bits per heavy atom. The van der Waals surface area contributed by atoms with E-state index in [1.807, 2.05) is 0 Å². The Morgan fingerprint density at radius 1 is 1.20 bits per heavy atom. The van der Waals surface area contributed by atoms with Gasteiger partial charge in [0.2, 0.25) is 5.91 Å². The predicted octanol–water partition coefficient (Wildman–Crippen LogP) is 2.04. The summed E-state index contributed by atoms with van der Waals surface area (Å²) in [4.78, 5) is 19.2. The van der Waals surface area contributed by atoms with Gasteiger partial charge in [-0.2, -0.15) is 0 Å². The zero-order chi connectivity index (χ0) is 15.0. The molecule has 0 radical (unpaired) electrons. The minimum atomic E-state index is 0.349. The lowest BCUT2D eigenvalue weighted by Gasteiger charge is -2.38. The number of amides is 1. The number of likely N-dealkylation sites (N-methyl/N-ethyl adjacent to an activating group) is 1. The lowest BCUT2D eigenvalue weighted by atomic mass is 10.0. The van der Waals surface area contributed by atoms with E-state index in [9.17, 15) is 4.79 Å². The van der Waals surface area contributed by atoms with Gasteiger partial charge in [0, 0.05) is 30.9 Å². The van der Waals surface area contributed by atoms with E-state index < -0.39 is 0 Å². The van der Waals surface area contributed by atoms with Crippen molar-refractivity contribution in [1.82, 2.24) is 14.7 Å². The van der Waals surface area contributed by atoms with Gasteiger partial charge in [0.1, 0.15) is 0 Å². The van der Waals surface area contributed by atoms with Crippen LogP contribution in [0.2, 0.25) is 0 Å². The number of halogens is 1. The van der Waals surface area contributed by atoms with E-state index in [1.54, 1.807) is 0 Å². The van der Waals surface area contributed by atoms with Gasteiger partial charge in [0.05, 0.1) is 0 Å². The first-order valence-electron chi connectivity index (χ1n) is 7.73. The number of carbonyl (C=O) groups is 1. The zero-order valence-electron chi connectivity index (χ0n) is 13.3. The van der Waals surface area contributed by atoms with Crippen LogP contribution in [0.4, 0.5) is 0 Å². The van der Waals surface area contributed by atoms with Gasteiger partial charge >= 0.3 is 0 Å². The van der Waals surface area contributed by atoms with Gasteiger partial charge in [-0.1, -0.05) is 15.9 Å². The number of unbranched alkanes of at least 4 members (excludes halogenated alkanes) is 1. The molecule has 0 aliphatic carbocycles. The highest BCUT2D eigenvalue weighted by Crippen LogP contribution is 2.17. The van der Waals surface area contributed by atoms with Gasteiger partial charge in [0.25, 0.3) is 0 Å². The molecule has 1 fully saturated rings. The zero-order valence-corrected chi connectivity index (χ0v) is 14.9. The van der Waals surface area contributed by atoms with Crippen molar-refractivity contribution >= 4 is 21.8 Å². The molecule has 5 heteroatoms. The van der Waals surface area contributed by atoms with Gasteiger partial charge in [0.15, 0.2) is 0 Å². The molecule has 1 saturated heterocycles. The maximum Gasteiger partial charge on any atom is 0.222 e. The summed E-state index contributed by atoms with van der Waals surface area (Å²) in [7, 11) is 6.31. The fourth-order valence-electron chi connectivity index (χ4n) is 2.64. The molecule has 0 spiro atoms. The van der Waals surface area contributed by atoms with Crippen molar-refractivity contribution in [3.63, 3.8) is 0 Å². The van der Waals surface area contributed by atoms with Crippen molar-refractivity contribution < 1.29 is 4.79 Å². The first-order valence-corrected chi connectivity index (χ1v) is 8.85. The minimum absolute atomic E-state index is 0.349. The number of hydrogen-bond donors (Lipinski definition) is 0. The van der Waals surface area contributed by atoms with E-state index in [0.29, 0.717) is 18.4 Å². The second-order valence-corrected chi connectivity index (χ2v) is 6.86. The normalized spacial score (nSPS) is 17.6. The Balaban J connectivity index is 2.52. The summed E-state index contributed by atoms with van der Waals surface area (Å²) in [6, 6.07) is 0.447. The van der Waals surface area contributed by atoms with Crippen LogP contribution in [-0.2, 0) is 4.79 Å². The molecular formula is C15H30BrN3O. The van der Waals surface area contributed by atoms with E-state index in [4.69, 9.17) is 0 Å². The molecule has 0 unspecified atom stereocenters. The maximum atomic E-state index is 12.5. The van der Waals surface area contributed by atoms with Crippen molar-refractivity contribution in [2.75, 3.05) is 52.7 Å². The molecule has 20 heavy (non-hydrogen) atoms. The van der Waals surface area contributed by atoms with Gasteiger partial charge < -0.3 is 14.7 Å². The summed E-state index contributed by atoms with van der Waals surface area (Å²) in [5.41, 5.74) is 0. The number of piperidine rings is 1. The molecule has 0 aromatic rings. The highest BCUT2D eigenvalue weighted by Gasteiger charge is 2.26. The molecule has 0 saturated carbocycles. The van der Waals surface area contributed by atoms with E-state index >= 15 is 0 Å². The smallest absolute Gasteiger partial charge is 0.222 e. The topological polar surface area (TPSA) is 26.8 Å². The van der Waals surface area contributed by atoms with Gasteiger partial charge in [-0.05, 0) is 59.9 Å². The standard InChI is InChI=1S/C15H30BrN3O/c1-17(2)12-13-19(15(20)6-4-5-9-16)14-7-10-18(3)11-8-14/h14H,4-13H2,1-3H3. The first-order chi connectivity index (χ1) is 9.54. The molecule has 1 amide bonds. The fraction of sp³-hybridized carbons (Fsp3) is 0.933. The van der Waals surface area contributed by atoms with Crippen LogP contribution >= 0.6 is 15.9 Å². The quantitative estimate of drug-likeness (QED) is 0.496. The average Bonchev–Trinajstić information content (AvgIpc) is 2.41. The summed E-state index contributed by atoms with van der Waals surface area (Å²) >= 11 is 3.43. The molecule has 1 aliphatic heterocycles. The third kappa shape index (κ3) is 6.55. The third-order valence-electron chi connectivity index (χ3n) is 4.01.